The molecule has 1 heterocycles. The average Bonchev–Trinajstić information content (AvgIpc) is 2.68. The molecule has 0 saturated carbocycles. The van der Waals surface area contributed by atoms with E-state index in [0.717, 1.165) is 25.0 Å². The van der Waals surface area contributed by atoms with Crippen LogP contribution in [0.3, 0.4) is 0 Å². The zero-order valence-corrected chi connectivity index (χ0v) is 16.1. The van der Waals surface area contributed by atoms with Gasteiger partial charge in [-0.1, -0.05) is 41.9 Å². The SMILES string of the molecule is O=C(CCCc1ccccc1)N1CCN(c2cc(C(F)(F)F)ccc2Cl)CC1. The normalized spacial score (nSPS) is 15.0. The summed E-state index contributed by atoms with van der Waals surface area (Å²) in [5.74, 6) is 0.0886. The van der Waals surface area contributed by atoms with Crippen LogP contribution in [0, 0.1) is 0 Å². The van der Waals surface area contributed by atoms with E-state index in [-0.39, 0.29) is 10.9 Å². The summed E-state index contributed by atoms with van der Waals surface area (Å²) in [7, 11) is 0. The number of amides is 1. The second-order valence-electron chi connectivity index (χ2n) is 6.87. The van der Waals surface area contributed by atoms with Gasteiger partial charge in [0, 0.05) is 32.6 Å². The van der Waals surface area contributed by atoms with Crippen LogP contribution in [-0.2, 0) is 17.4 Å². The Hall–Kier alpha value is -2.21. The summed E-state index contributed by atoms with van der Waals surface area (Å²) in [6, 6.07) is 13.4. The molecular weight excluding hydrogens is 389 g/mol. The highest BCUT2D eigenvalue weighted by Crippen LogP contribution is 2.35. The van der Waals surface area contributed by atoms with Crippen molar-refractivity contribution in [3.8, 4) is 0 Å². The smallest absolute Gasteiger partial charge is 0.367 e. The van der Waals surface area contributed by atoms with Crippen molar-refractivity contribution in [3.63, 3.8) is 0 Å². The number of hydrogen-bond donors (Lipinski definition) is 0. The summed E-state index contributed by atoms with van der Waals surface area (Å²) in [4.78, 5) is 16.0. The van der Waals surface area contributed by atoms with Crippen molar-refractivity contribution >= 4 is 23.2 Å². The van der Waals surface area contributed by atoms with Gasteiger partial charge in [0.2, 0.25) is 5.91 Å². The number of carbonyl (C=O) groups excluding carboxylic acids is 1. The number of benzene rings is 2. The minimum absolute atomic E-state index is 0.0886. The molecule has 0 unspecified atom stereocenters. The predicted molar refractivity (Wildman–Crippen MR) is 105 cm³/mol. The molecule has 0 aromatic heterocycles. The molecule has 3 rings (SSSR count). The summed E-state index contributed by atoms with van der Waals surface area (Å²) >= 11 is 6.12. The minimum Gasteiger partial charge on any atom is -0.367 e. The molecule has 1 aliphatic heterocycles. The van der Waals surface area contributed by atoms with Gasteiger partial charge in [-0.3, -0.25) is 4.79 Å². The van der Waals surface area contributed by atoms with Gasteiger partial charge in [0.1, 0.15) is 0 Å². The monoisotopic (exact) mass is 410 g/mol. The van der Waals surface area contributed by atoms with Crippen LogP contribution >= 0.6 is 11.6 Å². The predicted octanol–water partition coefficient (Wildman–Crippen LogP) is 5.03. The lowest BCUT2D eigenvalue weighted by atomic mass is 10.1. The topological polar surface area (TPSA) is 23.6 Å². The number of aryl methyl sites for hydroxylation is 1. The van der Waals surface area contributed by atoms with Crippen LogP contribution in [0.2, 0.25) is 5.02 Å². The third-order valence-electron chi connectivity index (χ3n) is 4.95. The van der Waals surface area contributed by atoms with Crippen molar-refractivity contribution in [3.05, 3.63) is 64.7 Å². The summed E-state index contributed by atoms with van der Waals surface area (Å²) in [6.45, 7) is 1.89. The molecule has 1 amide bonds. The Kier molecular flexibility index (Phi) is 6.50. The summed E-state index contributed by atoms with van der Waals surface area (Å²) in [5.41, 5.74) is 0.860. The van der Waals surface area contributed by atoms with E-state index in [1.165, 1.54) is 11.6 Å². The van der Waals surface area contributed by atoms with E-state index < -0.39 is 11.7 Å². The largest absolute Gasteiger partial charge is 0.416 e. The van der Waals surface area contributed by atoms with E-state index in [4.69, 9.17) is 11.6 Å². The Morgan fingerprint density at radius 2 is 1.68 bits per heavy atom. The van der Waals surface area contributed by atoms with Crippen LogP contribution in [0.5, 0.6) is 0 Å². The molecule has 1 fully saturated rings. The molecular formula is C21H22ClF3N2O. The van der Waals surface area contributed by atoms with Crippen LogP contribution < -0.4 is 4.90 Å². The number of anilines is 1. The maximum atomic E-state index is 13.0. The lowest BCUT2D eigenvalue weighted by molar-refractivity contribution is -0.137. The molecule has 7 heteroatoms. The van der Waals surface area contributed by atoms with Gasteiger partial charge in [-0.15, -0.1) is 0 Å². The van der Waals surface area contributed by atoms with Crippen molar-refractivity contribution in [1.29, 1.82) is 0 Å². The van der Waals surface area contributed by atoms with E-state index in [1.807, 2.05) is 35.2 Å². The highest BCUT2D eigenvalue weighted by Gasteiger charge is 2.32. The van der Waals surface area contributed by atoms with Gasteiger partial charge in [0.15, 0.2) is 0 Å². The van der Waals surface area contributed by atoms with E-state index >= 15 is 0 Å². The first-order chi connectivity index (χ1) is 13.3. The fourth-order valence-corrected chi connectivity index (χ4v) is 3.61. The number of alkyl halides is 3. The molecule has 2 aromatic carbocycles. The molecule has 28 heavy (non-hydrogen) atoms. The first-order valence-electron chi connectivity index (χ1n) is 9.28. The third kappa shape index (κ3) is 5.19. The molecule has 0 N–H and O–H groups in total. The third-order valence-corrected chi connectivity index (χ3v) is 5.27. The zero-order valence-electron chi connectivity index (χ0n) is 15.4. The van der Waals surface area contributed by atoms with Crippen molar-refractivity contribution in [2.24, 2.45) is 0 Å². The van der Waals surface area contributed by atoms with Crippen molar-refractivity contribution in [2.75, 3.05) is 31.1 Å². The molecule has 0 spiro atoms. The highest BCUT2D eigenvalue weighted by molar-refractivity contribution is 6.33. The van der Waals surface area contributed by atoms with Crippen LogP contribution in [0.15, 0.2) is 48.5 Å². The van der Waals surface area contributed by atoms with Gasteiger partial charge in [-0.25, -0.2) is 0 Å². The summed E-state index contributed by atoms with van der Waals surface area (Å²) < 4.78 is 38.9. The molecule has 0 bridgehead atoms. The van der Waals surface area contributed by atoms with Crippen LogP contribution in [0.25, 0.3) is 0 Å². The minimum atomic E-state index is -4.41. The van der Waals surface area contributed by atoms with E-state index in [2.05, 4.69) is 0 Å². The molecule has 3 nitrogen and oxygen atoms in total. The fourth-order valence-electron chi connectivity index (χ4n) is 3.37. The maximum Gasteiger partial charge on any atom is 0.416 e. The van der Waals surface area contributed by atoms with Crippen LogP contribution in [0.4, 0.5) is 18.9 Å². The second kappa shape index (κ2) is 8.86. The Balaban J connectivity index is 1.52. The van der Waals surface area contributed by atoms with Gasteiger partial charge in [-0.05, 0) is 36.6 Å². The van der Waals surface area contributed by atoms with Crippen molar-refractivity contribution < 1.29 is 18.0 Å². The lowest BCUT2D eigenvalue weighted by Crippen LogP contribution is -2.48. The van der Waals surface area contributed by atoms with E-state index in [1.54, 1.807) is 4.90 Å². The van der Waals surface area contributed by atoms with Crippen LogP contribution in [-0.4, -0.2) is 37.0 Å². The number of carbonyl (C=O) groups is 1. The van der Waals surface area contributed by atoms with Gasteiger partial charge in [0.25, 0.3) is 0 Å². The standard InChI is InChI=1S/C21H22ClF3N2O/c22-18-10-9-17(21(23,24)25)15-19(18)26-11-13-27(14-12-26)20(28)8-4-7-16-5-2-1-3-6-16/h1-3,5-6,9-10,15H,4,7-8,11-14H2. The van der Waals surface area contributed by atoms with Gasteiger partial charge in [0.05, 0.1) is 16.3 Å². The Morgan fingerprint density at radius 1 is 1.00 bits per heavy atom. The van der Waals surface area contributed by atoms with Crippen molar-refractivity contribution in [1.82, 2.24) is 4.90 Å². The molecule has 0 aliphatic carbocycles. The Morgan fingerprint density at radius 3 is 2.32 bits per heavy atom. The molecule has 150 valence electrons. The van der Waals surface area contributed by atoms with Gasteiger partial charge >= 0.3 is 6.18 Å². The fraction of sp³-hybridized carbons (Fsp3) is 0.381. The Bertz CT molecular complexity index is 803. The number of rotatable bonds is 5. The number of nitrogens with zero attached hydrogens (tertiary/aromatic N) is 2. The first-order valence-corrected chi connectivity index (χ1v) is 9.66. The number of hydrogen-bond acceptors (Lipinski definition) is 2. The maximum absolute atomic E-state index is 13.0. The quantitative estimate of drug-likeness (QED) is 0.690. The van der Waals surface area contributed by atoms with E-state index in [9.17, 15) is 18.0 Å². The number of piperazine rings is 1. The van der Waals surface area contributed by atoms with Gasteiger partial charge < -0.3 is 9.80 Å². The molecule has 0 atom stereocenters. The van der Waals surface area contributed by atoms with Crippen molar-refractivity contribution in [2.45, 2.75) is 25.4 Å². The second-order valence-corrected chi connectivity index (χ2v) is 7.28. The number of halogens is 4. The summed E-state index contributed by atoms with van der Waals surface area (Å²) in [5, 5.41) is 0.288. The molecule has 1 saturated heterocycles. The highest BCUT2D eigenvalue weighted by atomic mass is 35.5. The Labute approximate surface area is 167 Å². The van der Waals surface area contributed by atoms with E-state index in [0.29, 0.717) is 38.3 Å². The molecule has 2 aromatic rings. The first kappa shape index (κ1) is 20.5. The molecule has 0 radical (unpaired) electrons. The average molecular weight is 411 g/mol. The zero-order chi connectivity index (χ0) is 20.1. The summed E-state index contributed by atoms with van der Waals surface area (Å²) in [6.07, 6.45) is -2.30. The van der Waals surface area contributed by atoms with Gasteiger partial charge in [-0.2, -0.15) is 13.2 Å². The molecule has 1 aliphatic rings. The lowest BCUT2D eigenvalue weighted by Gasteiger charge is -2.36. The van der Waals surface area contributed by atoms with Crippen LogP contribution in [0.1, 0.15) is 24.0 Å².